The van der Waals surface area contributed by atoms with E-state index in [1.54, 1.807) is 6.20 Å². The van der Waals surface area contributed by atoms with Gasteiger partial charge in [-0.15, -0.1) is 0 Å². The molecule has 0 amide bonds. The van der Waals surface area contributed by atoms with Gasteiger partial charge in [0.2, 0.25) is 0 Å². The SMILES string of the molecule is CC(CN)(CC1CC1)Nc1ccc(Cl)c2cccnc12. The number of nitrogens with one attached hydrogen (secondary N) is 1. The summed E-state index contributed by atoms with van der Waals surface area (Å²) in [5.41, 5.74) is 7.84. The number of nitrogens with two attached hydrogens (primary N) is 1. The fourth-order valence-corrected chi connectivity index (χ4v) is 2.92. The van der Waals surface area contributed by atoms with E-state index in [1.165, 1.54) is 12.8 Å². The Labute approximate surface area is 124 Å². The maximum atomic E-state index is 6.24. The summed E-state index contributed by atoms with van der Waals surface area (Å²) in [4.78, 5) is 4.47. The summed E-state index contributed by atoms with van der Waals surface area (Å²) in [5.74, 6) is 0.822. The third kappa shape index (κ3) is 2.74. The van der Waals surface area contributed by atoms with Crippen LogP contribution in [0.4, 0.5) is 5.69 Å². The average molecular weight is 290 g/mol. The van der Waals surface area contributed by atoms with Gasteiger partial charge in [0.05, 0.1) is 16.2 Å². The van der Waals surface area contributed by atoms with Crippen molar-refractivity contribution in [2.24, 2.45) is 11.7 Å². The second kappa shape index (κ2) is 5.23. The second-order valence-corrected chi connectivity index (χ2v) is 6.44. The average Bonchev–Trinajstić information content (AvgIpc) is 3.26. The first-order chi connectivity index (χ1) is 9.61. The number of halogens is 1. The molecule has 2 aromatic rings. The molecule has 1 aliphatic carbocycles. The molecule has 0 saturated heterocycles. The number of benzene rings is 1. The lowest BCUT2D eigenvalue weighted by Gasteiger charge is -2.31. The number of pyridine rings is 1. The molecular formula is C16H20ClN3. The van der Waals surface area contributed by atoms with Gasteiger partial charge < -0.3 is 11.1 Å². The van der Waals surface area contributed by atoms with Crippen molar-refractivity contribution < 1.29 is 0 Å². The van der Waals surface area contributed by atoms with Gasteiger partial charge in [-0.1, -0.05) is 24.4 Å². The highest BCUT2D eigenvalue weighted by Gasteiger charge is 2.32. The highest BCUT2D eigenvalue weighted by atomic mass is 35.5. The largest absolute Gasteiger partial charge is 0.377 e. The Bertz CT molecular complexity index is 624. The van der Waals surface area contributed by atoms with Crippen molar-refractivity contribution in [3.05, 3.63) is 35.5 Å². The van der Waals surface area contributed by atoms with E-state index in [0.717, 1.165) is 34.0 Å². The molecule has 0 radical (unpaired) electrons. The molecule has 106 valence electrons. The van der Waals surface area contributed by atoms with Crippen molar-refractivity contribution in [1.29, 1.82) is 0 Å². The van der Waals surface area contributed by atoms with Crippen LogP contribution in [0, 0.1) is 5.92 Å². The molecule has 3 rings (SSSR count). The van der Waals surface area contributed by atoms with Crippen molar-refractivity contribution >= 4 is 28.2 Å². The third-order valence-electron chi connectivity index (χ3n) is 4.04. The minimum absolute atomic E-state index is 0.0839. The van der Waals surface area contributed by atoms with Gasteiger partial charge in [0.15, 0.2) is 0 Å². The summed E-state index contributed by atoms with van der Waals surface area (Å²) < 4.78 is 0. The number of aromatic nitrogens is 1. The predicted octanol–water partition coefficient (Wildman–Crippen LogP) is 3.82. The molecule has 1 aromatic heterocycles. The smallest absolute Gasteiger partial charge is 0.0948 e. The van der Waals surface area contributed by atoms with Gasteiger partial charge in [0.1, 0.15) is 0 Å². The molecule has 1 heterocycles. The van der Waals surface area contributed by atoms with E-state index < -0.39 is 0 Å². The molecule has 1 atom stereocenters. The first-order valence-corrected chi connectivity index (χ1v) is 7.50. The lowest BCUT2D eigenvalue weighted by Crippen LogP contribution is -2.43. The Hall–Kier alpha value is -1.32. The zero-order valence-electron chi connectivity index (χ0n) is 11.7. The number of rotatable bonds is 5. The van der Waals surface area contributed by atoms with Crippen LogP contribution in [0.25, 0.3) is 10.9 Å². The summed E-state index contributed by atoms with van der Waals surface area (Å²) in [5, 5.41) is 5.31. The van der Waals surface area contributed by atoms with Crippen LogP contribution in [0.2, 0.25) is 5.02 Å². The van der Waals surface area contributed by atoms with E-state index in [9.17, 15) is 0 Å². The van der Waals surface area contributed by atoms with E-state index in [2.05, 4.69) is 17.2 Å². The number of hydrogen-bond acceptors (Lipinski definition) is 3. The first-order valence-electron chi connectivity index (χ1n) is 7.13. The highest BCUT2D eigenvalue weighted by Crippen LogP contribution is 2.38. The van der Waals surface area contributed by atoms with Gasteiger partial charge >= 0.3 is 0 Å². The predicted molar refractivity (Wildman–Crippen MR) is 85.2 cm³/mol. The van der Waals surface area contributed by atoms with E-state index in [-0.39, 0.29) is 5.54 Å². The molecule has 0 bridgehead atoms. The Morgan fingerprint density at radius 1 is 1.40 bits per heavy atom. The first kappa shape index (κ1) is 13.7. The number of fused-ring (bicyclic) bond motifs is 1. The van der Waals surface area contributed by atoms with Crippen molar-refractivity contribution in [2.75, 3.05) is 11.9 Å². The molecule has 4 heteroatoms. The molecular weight excluding hydrogens is 270 g/mol. The van der Waals surface area contributed by atoms with Gasteiger partial charge in [0, 0.05) is 23.7 Å². The molecule has 0 aliphatic heterocycles. The summed E-state index contributed by atoms with van der Waals surface area (Å²) in [6.07, 6.45) is 5.57. The van der Waals surface area contributed by atoms with Gasteiger partial charge in [-0.25, -0.2) is 0 Å². The van der Waals surface area contributed by atoms with E-state index in [4.69, 9.17) is 17.3 Å². The van der Waals surface area contributed by atoms with Crippen molar-refractivity contribution in [2.45, 2.75) is 31.7 Å². The van der Waals surface area contributed by atoms with Crippen LogP contribution >= 0.6 is 11.6 Å². The molecule has 0 spiro atoms. The van der Waals surface area contributed by atoms with Gasteiger partial charge in [0.25, 0.3) is 0 Å². The monoisotopic (exact) mass is 289 g/mol. The number of nitrogens with zero attached hydrogens (tertiary/aromatic N) is 1. The van der Waals surface area contributed by atoms with E-state index in [1.807, 2.05) is 24.3 Å². The quantitative estimate of drug-likeness (QED) is 0.880. The minimum atomic E-state index is -0.0839. The Morgan fingerprint density at radius 3 is 2.90 bits per heavy atom. The maximum Gasteiger partial charge on any atom is 0.0948 e. The maximum absolute atomic E-state index is 6.24. The Morgan fingerprint density at radius 2 is 2.20 bits per heavy atom. The molecule has 1 saturated carbocycles. The molecule has 3 nitrogen and oxygen atoms in total. The van der Waals surface area contributed by atoms with Gasteiger partial charge in [-0.3, -0.25) is 4.98 Å². The molecule has 1 aliphatic rings. The zero-order valence-corrected chi connectivity index (χ0v) is 12.5. The summed E-state index contributed by atoms with van der Waals surface area (Å²) in [6, 6.07) is 7.82. The van der Waals surface area contributed by atoms with Crippen LogP contribution in [-0.2, 0) is 0 Å². The van der Waals surface area contributed by atoms with Crippen LogP contribution in [0.15, 0.2) is 30.5 Å². The number of hydrogen-bond donors (Lipinski definition) is 2. The van der Waals surface area contributed by atoms with E-state index in [0.29, 0.717) is 6.54 Å². The molecule has 1 aromatic carbocycles. The van der Waals surface area contributed by atoms with Crippen molar-refractivity contribution in [3.8, 4) is 0 Å². The molecule has 20 heavy (non-hydrogen) atoms. The topological polar surface area (TPSA) is 50.9 Å². The van der Waals surface area contributed by atoms with Crippen LogP contribution in [0.1, 0.15) is 26.2 Å². The Kier molecular flexibility index (Phi) is 3.57. The second-order valence-electron chi connectivity index (χ2n) is 6.03. The fraction of sp³-hybridized carbons (Fsp3) is 0.438. The Balaban J connectivity index is 1.95. The highest BCUT2D eigenvalue weighted by molar-refractivity contribution is 6.35. The summed E-state index contributed by atoms with van der Waals surface area (Å²) >= 11 is 6.24. The molecule has 1 unspecified atom stereocenters. The normalized spacial score (nSPS) is 17.9. The number of anilines is 1. The standard InChI is InChI=1S/C16H20ClN3/c1-16(10-18,9-11-4-5-11)20-14-7-6-13(17)12-3-2-8-19-15(12)14/h2-3,6-8,11,20H,4-5,9-10,18H2,1H3. The zero-order chi connectivity index (χ0) is 14.2. The minimum Gasteiger partial charge on any atom is -0.377 e. The van der Waals surface area contributed by atoms with Crippen molar-refractivity contribution in [3.63, 3.8) is 0 Å². The van der Waals surface area contributed by atoms with Crippen LogP contribution < -0.4 is 11.1 Å². The summed E-state index contributed by atoms with van der Waals surface area (Å²) in [7, 11) is 0. The summed E-state index contributed by atoms with van der Waals surface area (Å²) in [6.45, 7) is 2.80. The lowest BCUT2D eigenvalue weighted by molar-refractivity contribution is 0.453. The lowest BCUT2D eigenvalue weighted by atomic mass is 9.94. The molecule has 3 N–H and O–H groups in total. The molecule has 1 fully saturated rings. The van der Waals surface area contributed by atoms with Gasteiger partial charge in [-0.2, -0.15) is 0 Å². The van der Waals surface area contributed by atoms with Crippen LogP contribution in [0.5, 0.6) is 0 Å². The van der Waals surface area contributed by atoms with Crippen molar-refractivity contribution in [1.82, 2.24) is 4.98 Å². The fourth-order valence-electron chi connectivity index (χ4n) is 2.71. The van der Waals surface area contributed by atoms with E-state index >= 15 is 0 Å². The van der Waals surface area contributed by atoms with Crippen LogP contribution in [0.3, 0.4) is 0 Å². The third-order valence-corrected chi connectivity index (χ3v) is 4.37. The van der Waals surface area contributed by atoms with Gasteiger partial charge in [-0.05, 0) is 43.5 Å². The van der Waals surface area contributed by atoms with Crippen LogP contribution in [-0.4, -0.2) is 17.1 Å².